The summed E-state index contributed by atoms with van der Waals surface area (Å²) >= 11 is 3.37. The Kier molecular flexibility index (Phi) is 4.65. The summed E-state index contributed by atoms with van der Waals surface area (Å²) in [6.07, 6.45) is 1.59. The first-order valence-corrected chi connectivity index (χ1v) is 6.66. The van der Waals surface area contributed by atoms with Crippen LogP contribution in [0.25, 0.3) is 0 Å². The zero-order chi connectivity index (χ0) is 13.7. The molecule has 2 aromatic rings. The lowest BCUT2D eigenvalue weighted by Crippen LogP contribution is -2.24. The molecule has 1 heterocycles. The first-order valence-electron chi connectivity index (χ1n) is 5.86. The highest BCUT2D eigenvalue weighted by molar-refractivity contribution is 9.10. The van der Waals surface area contributed by atoms with E-state index in [1.807, 2.05) is 24.3 Å². The third-order valence-corrected chi connectivity index (χ3v) is 3.19. The van der Waals surface area contributed by atoms with Crippen LogP contribution in [0.5, 0.6) is 0 Å². The van der Waals surface area contributed by atoms with Gasteiger partial charge in [-0.25, -0.2) is 0 Å². The van der Waals surface area contributed by atoms with Gasteiger partial charge in [0.2, 0.25) is 0 Å². The highest BCUT2D eigenvalue weighted by Gasteiger charge is 2.07. The molecule has 0 saturated carbocycles. The standard InChI is InChI=1S/C14H14BrN3O/c15-12-3-1-10(2-4-12)9-18-14(19)13-7-11(8-16)5-6-17-13/h1-7H,8-9,16H2,(H,18,19). The van der Waals surface area contributed by atoms with Gasteiger partial charge in [0, 0.05) is 23.8 Å². The molecule has 98 valence electrons. The van der Waals surface area contributed by atoms with Gasteiger partial charge in [-0.1, -0.05) is 28.1 Å². The zero-order valence-corrected chi connectivity index (χ0v) is 11.9. The maximum Gasteiger partial charge on any atom is 0.270 e. The predicted octanol–water partition coefficient (Wildman–Crippen LogP) is 2.23. The average Bonchev–Trinajstić information content (AvgIpc) is 2.46. The number of carbonyl (C=O) groups excluding carboxylic acids is 1. The van der Waals surface area contributed by atoms with E-state index in [1.54, 1.807) is 18.3 Å². The molecule has 0 unspecified atom stereocenters. The number of nitrogens with one attached hydrogen (secondary N) is 1. The Morgan fingerprint density at radius 3 is 2.63 bits per heavy atom. The van der Waals surface area contributed by atoms with Gasteiger partial charge >= 0.3 is 0 Å². The summed E-state index contributed by atoms with van der Waals surface area (Å²) in [4.78, 5) is 16.0. The van der Waals surface area contributed by atoms with Crippen LogP contribution in [0.1, 0.15) is 21.6 Å². The molecular formula is C14H14BrN3O. The molecule has 2 rings (SSSR count). The summed E-state index contributed by atoms with van der Waals surface area (Å²) < 4.78 is 1.01. The lowest BCUT2D eigenvalue weighted by atomic mass is 10.2. The van der Waals surface area contributed by atoms with E-state index < -0.39 is 0 Å². The molecule has 19 heavy (non-hydrogen) atoms. The molecule has 4 nitrogen and oxygen atoms in total. The summed E-state index contributed by atoms with van der Waals surface area (Å²) in [5.74, 6) is -0.196. The highest BCUT2D eigenvalue weighted by Crippen LogP contribution is 2.10. The van der Waals surface area contributed by atoms with Crippen LogP contribution < -0.4 is 11.1 Å². The lowest BCUT2D eigenvalue weighted by molar-refractivity contribution is 0.0946. The van der Waals surface area contributed by atoms with Crippen molar-refractivity contribution in [2.24, 2.45) is 5.73 Å². The van der Waals surface area contributed by atoms with Crippen molar-refractivity contribution < 1.29 is 4.79 Å². The molecule has 3 N–H and O–H groups in total. The van der Waals surface area contributed by atoms with Crippen LogP contribution in [0.3, 0.4) is 0 Å². The van der Waals surface area contributed by atoms with Crippen molar-refractivity contribution >= 4 is 21.8 Å². The monoisotopic (exact) mass is 319 g/mol. The largest absolute Gasteiger partial charge is 0.347 e. The van der Waals surface area contributed by atoms with E-state index in [0.717, 1.165) is 15.6 Å². The predicted molar refractivity (Wildman–Crippen MR) is 77.4 cm³/mol. The number of hydrogen-bond donors (Lipinski definition) is 2. The second kappa shape index (κ2) is 6.45. The Morgan fingerprint density at radius 2 is 1.95 bits per heavy atom. The Morgan fingerprint density at radius 1 is 1.21 bits per heavy atom. The fourth-order valence-corrected chi connectivity index (χ4v) is 1.86. The number of nitrogens with two attached hydrogens (primary N) is 1. The molecule has 0 aliphatic carbocycles. The Bertz CT molecular complexity index is 569. The number of nitrogens with zero attached hydrogens (tertiary/aromatic N) is 1. The number of amides is 1. The molecule has 0 saturated heterocycles. The first kappa shape index (κ1) is 13.7. The maximum absolute atomic E-state index is 11.9. The van der Waals surface area contributed by atoms with Gasteiger partial charge in [0.15, 0.2) is 0 Å². The number of rotatable bonds is 4. The molecule has 5 heteroatoms. The summed E-state index contributed by atoms with van der Waals surface area (Å²) in [6, 6.07) is 11.3. The third-order valence-electron chi connectivity index (χ3n) is 2.66. The van der Waals surface area contributed by atoms with E-state index in [1.165, 1.54) is 0 Å². The summed E-state index contributed by atoms with van der Waals surface area (Å²) in [5, 5.41) is 2.83. The number of carbonyl (C=O) groups is 1. The summed E-state index contributed by atoms with van der Waals surface area (Å²) in [5.41, 5.74) is 7.85. The molecule has 0 spiro atoms. The summed E-state index contributed by atoms with van der Waals surface area (Å²) in [6.45, 7) is 0.871. The van der Waals surface area contributed by atoms with Crippen LogP contribution in [0.15, 0.2) is 47.1 Å². The van der Waals surface area contributed by atoms with Crippen LogP contribution >= 0.6 is 15.9 Å². The van der Waals surface area contributed by atoms with E-state index in [4.69, 9.17) is 5.73 Å². The van der Waals surface area contributed by atoms with Gasteiger partial charge < -0.3 is 11.1 Å². The van der Waals surface area contributed by atoms with Gasteiger partial charge in [-0.2, -0.15) is 0 Å². The molecule has 1 aromatic heterocycles. The Balaban J connectivity index is 1.99. The van der Waals surface area contributed by atoms with Crippen LogP contribution in [0.2, 0.25) is 0 Å². The van der Waals surface area contributed by atoms with Gasteiger partial charge in [-0.3, -0.25) is 9.78 Å². The van der Waals surface area contributed by atoms with E-state index in [0.29, 0.717) is 18.8 Å². The van der Waals surface area contributed by atoms with Gasteiger partial charge in [0.1, 0.15) is 5.69 Å². The lowest BCUT2D eigenvalue weighted by Gasteiger charge is -2.06. The molecule has 1 amide bonds. The van der Waals surface area contributed by atoms with Gasteiger partial charge in [0.25, 0.3) is 5.91 Å². The van der Waals surface area contributed by atoms with Crippen LogP contribution in [0, 0.1) is 0 Å². The minimum Gasteiger partial charge on any atom is -0.347 e. The number of aromatic nitrogens is 1. The second-order valence-corrected chi connectivity index (χ2v) is 4.98. The molecule has 0 bridgehead atoms. The minimum atomic E-state index is -0.196. The van der Waals surface area contributed by atoms with Gasteiger partial charge in [-0.15, -0.1) is 0 Å². The quantitative estimate of drug-likeness (QED) is 0.908. The van der Waals surface area contributed by atoms with Crippen LogP contribution in [-0.2, 0) is 13.1 Å². The number of hydrogen-bond acceptors (Lipinski definition) is 3. The Labute approximate surface area is 120 Å². The molecular weight excluding hydrogens is 306 g/mol. The number of benzene rings is 1. The van der Waals surface area contributed by atoms with Crippen molar-refractivity contribution in [1.82, 2.24) is 10.3 Å². The molecule has 0 atom stereocenters. The average molecular weight is 320 g/mol. The normalized spacial score (nSPS) is 10.2. The van der Waals surface area contributed by atoms with E-state index >= 15 is 0 Å². The first-order chi connectivity index (χ1) is 9.19. The molecule has 0 radical (unpaired) electrons. The van der Waals surface area contributed by atoms with E-state index in [-0.39, 0.29) is 5.91 Å². The zero-order valence-electron chi connectivity index (χ0n) is 10.3. The van der Waals surface area contributed by atoms with Crippen molar-refractivity contribution in [3.8, 4) is 0 Å². The fraction of sp³-hybridized carbons (Fsp3) is 0.143. The van der Waals surface area contributed by atoms with E-state index in [2.05, 4.69) is 26.2 Å². The number of halogens is 1. The van der Waals surface area contributed by atoms with Gasteiger partial charge in [0.05, 0.1) is 0 Å². The van der Waals surface area contributed by atoms with Crippen molar-refractivity contribution in [2.45, 2.75) is 13.1 Å². The molecule has 1 aromatic carbocycles. The third kappa shape index (κ3) is 3.87. The van der Waals surface area contributed by atoms with Crippen molar-refractivity contribution in [1.29, 1.82) is 0 Å². The second-order valence-electron chi connectivity index (χ2n) is 4.06. The summed E-state index contributed by atoms with van der Waals surface area (Å²) in [7, 11) is 0. The highest BCUT2D eigenvalue weighted by atomic mass is 79.9. The van der Waals surface area contributed by atoms with Crippen molar-refractivity contribution in [2.75, 3.05) is 0 Å². The minimum absolute atomic E-state index is 0.196. The van der Waals surface area contributed by atoms with E-state index in [9.17, 15) is 4.79 Å². The van der Waals surface area contributed by atoms with Crippen molar-refractivity contribution in [3.05, 3.63) is 63.9 Å². The van der Waals surface area contributed by atoms with Crippen LogP contribution in [-0.4, -0.2) is 10.9 Å². The molecule has 0 aliphatic rings. The van der Waals surface area contributed by atoms with Crippen molar-refractivity contribution in [3.63, 3.8) is 0 Å². The smallest absolute Gasteiger partial charge is 0.270 e. The fourth-order valence-electron chi connectivity index (χ4n) is 1.60. The molecule has 0 aliphatic heterocycles. The van der Waals surface area contributed by atoms with Gasteiger partial charge in [-0.05, 0) is 35.4 Å². The molecule has 0 fully saturated rings. The number of pyridine rings is 1. The SMILES string of the molecule is NCc1ccnc(C(=O)NCc2ccc(Br)cc2)c1. The Hall–Kier alpha value is -1.72. The topological polar surface area (TPSA) is 68.0 Å². The van der Waals surface area contributed by atoms with Crippen LogP contribution in [0.4, 0.5) is 0 Å². The maximum atomic E-state index is 11.9.